The van der Waals surface area contributed by atoms with E-state index in [1.54, 1.807) is 0 Å². The molecule has 0 aliphatic carbocycles. The third kappa shape index (κ3) is 719. The first-order valence-corrected chi connectivity index (χ1v) is 4.87. The molecule has 0 amide bonds. The molecule has 0 rings (SSSR count). The second kappa shape index (κ2) is 11.5. The van der Waals surface area contributed by atoms with Crippen molar-refractivity contribution in [3.05, 3.63) is 0 Å². The summed E-state index contributed by atoms with van der Waals surface area (Å²) in [5.41, 5.74) is 0. The van der Waals surface area contributed by atoms with Crippen molar-refractivity contribution in [2.45, 2.75) is 0 Å². The van der Waals surface area contributed by atoms with Crippen molar-refractivity contribution < 1.29 is 38.4 Å². The van der Waals surface area contributed by atoms with E-state index in [1.807, 2.05) is 0 Å². The topological polar surface area (TPSA) is 80.3 Å². The van der Waals surface area contributed by atoms with Crippen molar-refractivity contribution in [1.29, 1.82) is 0 Å². The fraction of sp³-hybridized carbons (Fsp3) is 1.00. The molecule has 0 saturated carbocycles. The van der Waals surface area contributed by atoms with Crippen molar-refractivity contribution in [1.82, 2.24) is 0 Å². The van der Waals surface area contributed by atoms with E-state index in [4.69, 9.17) is 18.9 Å². The minimum absolute atomic E-state index is 0. The van der Waals surface area contributed by atoms with E-state index in [2.05, 4.69) is 0 Å². The van der Waals surface area contributed by atoms with Crippen LogP contribution in [0, 0.1) is 0 Å². The summed E-state index contributed by atoms with van der Waals surface area (Å²) in [5, 5.41) is 0. The Kier molecular flexibility index (Phi) is 21.0. The number of rotatable bonds is 0. The van der Waals surface area contributed by atoms with Gasteiger partial charge in [0.2, 0.25) is 0 Å². The molecule has 0 aliphatic heterocycles. The molecule has 2 atom stereocenters. The van der Waals surface area contributed by atoms with Gasteiger partial charge in [0.05, 0.1) is 0 Å². The molecule has 0 saturated heterocycles. The molecule has 0 aromatic heterocycles. The van der Waals surface area contributed by atoms with Gasteiger partial charge in [-0.15, -0.1) is 0 Å². The summed E-state index contributed by atoms with van der Waals surface area (Å²) in [5.74, 6) is 0. The normalized spacial score (nSPS) is 9.78. The Morgan fingerprint density at radius 1 is 1.00 bits per heavy atom. The molecule has 0 spiro atoms. The van der Waals surface area contributed by atoms with Gasteiger partial charge in [-0.2, -0.15) is 0 Å². The summed E-state index contributed by atoms with van der Waals surface area (Å²) in [4.78, 5) is 18.1. The van der Waals surface area contributed by atoms with E-state index in [-0.39, 0.29) is 19.5 Å². The molecule has 2 unspecified atom stereocenters. The summed E-state index contributed by atoms with van der Waals surface area (Å²) in [7, 11) is -4.24. The molecular weight excluding hydrogens is 215 g/mol. The Balaban J connectivity index is -0.0000000720. The van der Waals surface area contributed by atoms with Crippen LogP contribution in [-0.2, 0) is 28.6 Å². The molecule has 0 aliphatic rings. The van der Waals surface area contributed by atoms with Crippen molar-refractivity contribution in [3.8, 4) is 0 Å². The van der Waals surface area contributed by atoms with Gasteiger partial charge >= 0.3 is 35.5 Å². The largest absolute Gasteiger partial charge is 2.00 e. The summed E-state index contributed by atoms with van der Waals surface area (Å²) >= 11 is 0. The van der Waals surface area contributed by atoms with E-state index < -0.39 is 16.1 Å². The second-order valence-electron chi connectivity index (χ2n) is 0.879. The van der Waals surface area contributed by atoms with Crippen LogP contribution in [-0.4, -0.2) is 13.3 Å². The van der Waals surface area contributed by atoms with E-state index in [1.165, 1.54) is 0 Å². The predicted octanol–water partition coefficient (Wildman–Crippen LogP) is -0.565. The standard InChI is InChI=1S/2CH3O2P.Zn/c2*1-4(2)3;/h2*1H3;/q;;+2. The summed E-state index contributed by atoms with van der Waals surface area (Å²) in [6.45, 7) is 2.24. The Morgan fingerprint density at radius 2 is 1.00 bits per heavy atom. The smallest absolute Gasteiger partial charge is 0.596 e. The van der Waals surface area contributed by atoms with Crippen LogP contribution >= 0.6 is 16.1 Å². The van der Waals surface area contributed by atoms with E-state index in [0.29, 0.717) is 0 Å². The van der Waals surface area contributed by atoms with Gasteiger partial charge in [0.25, 0.3) is 0 Å². The Labute approximate surface area is 68.2 Å². The van der Waals surface area contributed by atoms with E-state index in [9.17, 15) is 0 Å². The molecule has 7 heteroatoms. The van der Waals surface area contributed by atoms with Gasteiger partial charge in [-0.1, -0.05) is 9.13 Å². The van der Waals surface area contributed by atoms with Gasteiger partial charge in [0.1, 0.15) is 13.3 Å². The van der Waals surface area contributed by atoms with Gasteiger partial charge in [0, 0.05) is 0 Å². The molecule has 0 aromatic carbocycles. The monoisotopic (exact) mass is 220 g/mol. The molecular formula is C2H6O4P2Zn+2. The fourth-order valence-corrected chi connectivity index (χ4v) is 0. The predicted molar refractivity (Wildman–Crippen MR) is 27.1 cm³/mol. The maximum Gasteiger partial charge on any atom is 2.00 e. The third-order valence-corrected chi connectivity index (χ3v) is 0. The van der Waals surface area contributed by atoms with Crippen LogP contribution in [0.15, 0.2) is 0 Å². The van der Waals surface area contributed by atoms with Crippen LogP contribution in [0.1, 0.15) is 0 Å². The Bertz CT molecular complexity index is 74.6. The molecule has 0 radical (unpaired) electrons. The van der Waals surface area contributed by atoms with Gasteiger partial charge in [0.15, 0.2) is 0 Å². The zero-order chi connectivity index (χ0) is 7.15. The first-order chi connectivity index (χ1) is 3.46. The van der Waals surface area contributed by atoms with Crippen LogP contribution in [0.3, 0.4) is 0 Å². The minimum Gasteiger partial charge on any atom is -0.596 e. The van der Waals surface area contributed by atoms with Crippen molar-refractivity contribution in [3.63, 3.8) is 0 Å². The van der Waals surface area contributed by atoms with Gasteiger partial charge in [-0.05, 0) is 0 Å². The average molecular weight is 221 g/mol. The van der Waals surface area contributed by atoms with E-state index in [0.717, 1.165) is 13.3 Å². The van der Waals surface area contributed by atoms with Crippen LogP contribution in [0.2, 0.25) is 0 Å². The molecule has 0 heterocycles. The molecule has 0 N–H and O–H groups in total. The summed E-state index contributed by atoms with van der Waals surface area (Å²) in [6, 6.07) is 0. The summed E-state index contributed by atoms with van der Waals surface area (Å²) < 4.78 is 18.1. The van der Waals surface area contributed by atoms with E-state index >= 15 is 0 Å². The molecule has 0 bridgehead atoms. The maximum atomic E-state index is 9.04. The fourth-order valence-electron chi connectivity index (χ4n) is 0. The second-order valence-corrected chi connectivity index (χ2v) is 2.64. The quantitative estimate of drug-likeness (QED) is 0.405. The minimum atomic E-state index is -2.12. The SMILES string of the molecule is C[P+](=O)[O-].C[P+](=O)[O-].[Zn+2]. The maximum absolute atomic E-state index is 9.04. The first-order valence-electron chi connectivity index (χ1n) is 1.62. The van der Waals surface area contributed by atoms with Gasteiger partial charge < -0.3 is 9.79 Å². The van der Waals surface area contributed by atoms with Crippen LogP contribution in [0.4, 0.5) is 0 Å². The Hall–Kier alpha value is 0.743. The molecule has 9 heavy (non-hydrogen) atoms. The zero-order valence-electron chi connectivity index (χ0n) is 5.23. The van der Waals surface area contributed by atoms with Crippen molar-refractivity contribution in [2.75, 3.05) is 13.3 Å². The van der Waals surface area contributed by atoms with Crippen LogP contribution in [0.5, 0.6) is 0 Å². The third-order valence-electron chi connectivity index (χ3n) is 0. The van der Waals surface area contributed by atoms with Crippen molar-refractivity contribution in [2.24, 2.45) is 0 Å². The number of hydrogen-bond acceptors (Lipinski definition) is 4. The zero-order valence-corrected chi connectivity index (χ0v) is 9.99. The molecule has 0 fully saturated rings. The molecule has 48 valence electrons. The molecule has 0 aromatic rings. The van der Waals surface area contributed by atoms with Crippen LogP contribution < -0.4 is 9.79 Å². The average Bonchev–Trinajstić information content (AvgIpc) is 1.25. The Morgan fingerprint density at radius 3 is 1.00 bits per heavy atom. The van der Waals surface area contributed by atoms with Crippen LogP contribution in [0.25, 0.3) is 0 Å². The number of hydrogen-bond donors (Lipinski definition) is 0. The van der Waals surface area contributed by atoms with Gasteiger partial charge in [-0.3, -0.25) is 0 Å². The summed E-state index contributed by atoms with van der Waals surface area (Å²) in [6.07, 6.45) is 0. The molecule has 4 nitrogen and oxygen atoms in total. The van der Waals surface area contributed by atoms with Crippen molar-refractivity contribution >= 4 is 16.1 Å². The van der Waals surface area contributed by atoms with Gasteiger partial charge in [-0.25, -0.2) is 0 Å². The first kappa shape index (κ1) is 16.4.